The number of aliphatic hydroxyl groups excluding tert-OH is 1. The van der Waals surface area contributed by atoms with Crippen LogP contribution in [-0.2, 0) is 4.84 Å². The predicted molar refractivity (Wildman–Crippen MR) is 27.2 cm³/mol. The van der Waals surface area contributed by atoms with Gasteiger partial charge >= 0.3 is 0 Å². The van der Waals surface area contributed by atoms with E-state index in [1.54, 1.807) is 0 Å². The number of rotatable bonds is 3. The van der Waals surface area contributed by atoms with Gasteiger partial charge in [-0.25, -0.2) is 0 Å². The van der Waals surface area contributed by atoms with E-state index in [0.717, 1.165) is 0 Å². The fraction of sp³-hybridized carbons (Fsp3) is 0.750. The molecule has 0 aromatic carbocycles. The highest BCUT2D eigenvalue weighted by Gasteiger charge is 1.70. The lowest BCUT2D eigenvalue weighted by Gasteiger charge is -1.82. The first kappa shape index (κ1) is 6.43. The van der Waals surface area contributed by atoms with Crippen LogP contribution in [0, 0.1) is 0 Å². The summed E-state index contributed by atoms with van der Waals surface area (Å²) in [6.07, 6.45) is 2.08. The van der Waals surface area contributed by atoms with E-state index in [2.05, 4.69) is 9.99 Å². The van der Waals surface area contributed by atoms with Gasteiger partial charge in [0, 0.05) is 19.2 Å². The largest absolute Gasteiger partial charge is 0.399 e. The Labute approximate surface area is 42.6 Å². The third-order valence-corrected chi connectivity index (χ3v) is 0.438. The van der Waals surface area contributed by atoms with Gasteiger partial charge in [-0.05, 0) is 0 Å². The van der Waals surface area contributed by atoms with Gasteiger partial charge in [0.15, 0.2) is 0 Å². The van der Waals surface area contributed by atoms with Gasteiger partial charge in [-0.15, -0.1) is 0 Å². The van der Waals surface area contributed by atoms with E-state index in [1.807, 2.05) is 0 Å². The summed E-state index contributed by atoms with van der Waals surface area (Å²) in [5.74, 6) is 0. The topological polar surface area (TPSA) is 41.8 Å². The predicted octanol–water partition coefficient (Wildman–Crippen LogP) is 0.00100. The van der Waals surface area contributed by atoms with Crippen LogP contribution >= 0.6 is 0 Å². The lowest BCUT2D eigenvalue weighted by molar-refractivity contribution is 0.213. The van der Waals surface area contributed by atoms with Crippen molar-refractivity contribution in [1.82, 2.24) is 0 Å². The van der Waals surface area contributed by atoms with Crippen molar-refractivity contribution in [3.05, 3.63) is 0 Å². The Morgan fingerprint density at radius 1 is 1.86 bits per heavy atom. The Hall–Kier alpha value is -0.570. The minimum atomic E-state index is 0.132. The number of nitrogens with zero attached hydrogens (tertiary/aromatic N) is 1. The summed E-state index contributed by atoms with van der Waals surface area (Å²) in [5, 5.41) is 11.5. The van der Waals surface area contributed by atoms with Gasteiger partial charge in [0.05, 0.1) is 0 Å². The van der Waals surface area contributed by atoms with E-state index in [4.69, 9.17) is 5.11 Å². The van der Waals surface area contributed by atoms with Gasteiger partial charge in [-0.1, -0.05) is 5.16 Å². The first-order chi connectivity index (χ1) is 3.41. The summed E-state index contributed by atoms with van der Waals surface area (Å²) >= 11 is 0. The summed E-state index contributed by atoms with van der Waals surface area (Å²) in [6, 6.07) is 0. The summed E-state index contributed by atoms with van der Waals surface area (Å²) in [4.78, 5) is 4.30. The van der Waals surface area contributed by atoms with Crippen molar-refractivity contribution in [2.45, 2.75) is 6.42 Å². The van der Waals surface area contributed by atoms with E-state index in [9.17, 15) is 0 Å². The Bertz CT molecular complexity index is 53.7. The molecule has 7 heavy (non-hydrogen) atoms. The van der Waals surface area contributed by atoms with Gasteiger partial charge < -0.3 is 9.94 Å². The molecule has 0 aromatic heterocycles. The lowest BCUT2D eigenvalue weighted by Crippen LogP contribution is -1.82. The van der Waals surface area contributed by atoms with Crippen LogP contribution in [0.5, 0.6) is 0 Å². The van der Waals surface area contributed by atoms with E-state index in [0.29, 0.717) is 6.42 Å². The fourth-order valence-corrected chi connectivity index (χ4v) is 0.185. The summed E-state index contributed by atoms with van der Waals surface area (Å²) in [7, 11) is 1.47. The molecule has 0 amide bonds. The second kappa shape index (κ2) is 5.43. The van der Waals surface area contributed by atoms with Crippen LogP contribution in [0.1, 0.15) is 6.42 Å². The maximum absolute atomic E-state index is 8.15. The molecule has 0 saturated heterocycles. The Morgan fingerprint density at radius 2 is 2.57 bits per heavy atom. The van der Waals surface area contributed by atoms with Crippen LogP contribution in [0.4, 0.5) is 0 Å². The maximum atomic E-state index is 8.15. The Balaban J connectivity index is 2.78. The molecule has 0 aliphatic rings. The molecule has 0 unspecified atom stereocenters. The molecular formula is C4H9NO2. The van der Waals surface area contributed by atoms with E-state index < -0.39 is 0 Å². The molecule has 0 aromatic rings. The second-order valence-electron chi connectivity index (χ2n) is 0.983. The molecule has 0 rings (SSSR count). The lowest BCUT2D eigenvalue weighted by atomic mass is 10.5. The number of hydrogen-bond acceptors (Lipinski definition) is 3. The number of oxime groups is 1. The highest BCUT2D eigenvalue weighted by atomic mass is 16.6. The molecule has 0 heterocycles. The zero-order valence-corrected chi connectivity index (χ0v) is 4.29. The molecular weight excluding hydrogens is 94.0 g/mol. The van der Waals surface area contributed by atoms with Gasteiger partial charge in [0.1, 0.15) is 7.11 Å². The highest BCUT2D eigenvalue weighted by Crippen LogP contribution is 1.69. The maximum Gasteiger partial charge on any atom is 0.106 e. The smallest absolute Gasteiger partial charge is 0.106 e. The number of hydrogen-bond donors (Lipinski definition) is 1. The second-order valence-corrected chi connectivity index (χ2v) is 0.983. The van der Waals surface area contributed by atoms with Crippen molar-refractivity contribution in [3.8, 4) is 0 Å². The van der Waals surface area contributed by atoms with Crippen molar-refractivity contribution < 1.29 is 9.94 Å². The van der Waals surface area contributed by atoms with Crippen molar-refractivity contribution in [1.29, 1.82) is 0 Å². The quantitative estimate of drug-likeness (QED) is 0.403. The van der Waals surface area contributed by atoms with E-state index >= 15 is 0 Å². The van der Waals surface area contributed by atoms with Crippen LogP contribution in [0.2, 0.25) is 0 Å². The molecule has 3 heteroatoms. The SMILES string of the molecule is CON=CCCO. The van der Waals surface area contributed by atoms with Crippen molar-refractivity contribution in [2.24, 2.45) is 5.16 Å². The summed E-state index contributed by atoms with van der Waals surface area (Å²) in [5.41, 5.74) is 0. The molecule has 0 atom stereocenters. The third kappa shape index (κ3) is 5.43. The first-order valence-corrected chi connectivity index (χ1v) is 2.07. The molecule has 0 fully saturated rings. The Kier molecular flexibility index (Phi) is 4.99. The molecule has 0 saturated carbocycles. The average molecular weight is 103 g/mol. The van der Waals surface area contributed by atoms with E-state index in [-0.39, 0.29) is 6.61 Å². The monoisotopic (exact) mass is 103 g/mol. The molecule has 0 aliphatic carbocycles. The van der Waals surface area contributed by atoms with Crippen LogP contribution in [0.15, 0.2) is 5.16 Å². The summed E-state index contributed by atoms with van der Waals surface area (Å²) in [6.45, 7) is 0.132. The van der Waals surface area contributed by atoms with E-state index in [1.165, 1.54) is 13.3 Å². The zero-order valence-electron chi connectivity index (χ0n) is 4.29. The normalized spacial score (nSPS) is 10.0. The minimum absolute atomic E-state index is 0.132. The average Bonchev–Trinajstić information content (AvgIpc) is 1.69. The van der Waals surface area contributed by atoms with Crippen LogP contribution in [-0.4, -0.2) is 25.0 Å². The highest BCUT2D eigenvalue weighted by molar-refractivity contribution is 5.56. The van der Waals surface area contributed by atoms with Gasteiger partial charge in [-0.2, -0.15) is 0 Å². The molecule has 0 spiro atoms. The van der Waals surface area contributed by atoms with Gasteiger partial charge in [-0.3, -0.25) is 0 Å². The molecule has 0 aliphatic heterocycles. The molecule has 42 valence electrons. The van der Waals surface area contributed by atoms with Gasteiger partial charge in [0.2, 0.25) is 0 Å². The molecule has 1 N–H and O–H groups in total. The third-order valence-electron chi connectivity index (χ3n) is 0.438. The van der Waals surface area contributed by atoms with Crippen LogP contribution in [0.3, 0.4) is 0 Å². The van der Waals surface area contributed by atoms with Crippen molar-refractivity contribution >= 4 is 6.21 Å². The molecule has 3 nitrogen and oxygen atoms in total. The van der Waals surface area contributed by atoms with Crippen LogP contribution < -0.4 is 0 Å². The minimum Gasteiger partial charge on any atom is -0.399 e. The molecule has 0 bridgehead atoms. The standard InChI is InChI=1S/C4H9NO2/c1-7-5-3-2-4-6/h3,6H,2,4H2,1H3. The van der Waals surface area contributed by atoms with Gasteiger partial charge in [0.25, 0.3) is 0 Å². The number of aliphatic hydroxyl groups is 1. The van der Waals surface area contributed by atoms with Crippen molar-refractivity contribution in [3.63, 3.8) is 0 Å². The first-order valence-electron chi connectivity index (χ1n) is 2.07. The Morgan fingerprint density at radius 3 is 3.00 bits per heavy atom. The van der Waals surface area contributed by atoms with Crippen LogP contribution in [0.25, 0.3) is 0 Å². The fourth-order valence-electron chi connectivity index (χ4n) is 0.185. The van der Waals surface area contributed by atoms with Crippen molar-refractivity contribution in [2.75, 3.05) is 13.7 Å². The summed E-state index contributed by atoms with van der Waals surface area (Å²) < 4.78 is 0. The molecule has 0 radical (unpaired) electrons. The zero-order chi connectivity index (χ0) is 5.54.